The van der Waals surface area contributed by atoms with Gasteiger partial charge in [-0.1, -0.05) is 17.7 Å². The summed E-state index contributed by atoms with van der Waals surface area (Å²) in [6.07, 6.45) is 2.96. The molecular weight excluding hydrogens is 310 g/mol. The highest BCUT2D eigenvalue weighted by Gasteiger charge is 2.27. The molecule has 5 heteroatoms. The molecule has 1 fully saturated rings. The van der Waals surface area contributed by atoms with Gasteiger partial charge in [0.25, 0.3) is 0 Å². The predicted molar refractivity (Wildman–Crippen MR) is 93.1 cm³/mol. The number of ether oxygens (including phenoxy) is 1. The highest BCUT2D eigenvalue weighted by molar-refractivity contribution is 6.30. The van der Waals surface area contributed by atoms with Crippen LogP contribution in [0.3, 0.4) is 0 Å². The maximum Gasteiger partial charge on any atom is 0.124 e. The van der Waals surface area contributed by atoms with E-state index in [2.05, 4.69) is 21.3 Å². The van der Waals surface area contributed by atoms with Crippen LogP contribution in [0.5, 0.6) is 5.75 Å². The van der Waals surface area contributed by atoms with Crippen molar-refractivity contribution in [2.75, 3.05) is 33.3 Å². The molecule has 1 aliphatic heterocycles. The minimum Gasteiger partial charge on any atom is -0.496 e. The summed E-state index contributed by atoms with van der Waals surface area (Å²) in [5.74, 6) is 0.849. The van der Waals surface area contributed by atoms with Crippen molar-refractivity contribution >= 4 is 11.6 Å². The molecule has 1 aromatic carbocycles. The minimum absolute atomic E-state index is 0.0461. The maximum atomic E-state index is 6.27. The second-order valence-electron chi connectivity index (χ2n) is 5.68. The van der Waals surface area contributed by atoms with Gasteiger partial charge in [0.2, 0.25) is 0 Å². The maximum absolute atomic E-state index is 6.27. The molecule has 122 valence electrons. The van der Waals surface area contributed by atoms with Crippen molar-refractivity contribution in [3.05, 3.63) is 58.9 Å². The van der Waals surface area contributed by atoms with Crippen LogP contribution in [0.1, 0.15) is 23.7 Å². The molecule has 2 aromatic rings. The van der Waals surface area contributed by atoms with Gasteiger partial charge >= 0.3 is 0 Å². The zero-order valence-electron chi connectivity index (χ0n) is 13.3. The van der Waals surface area contributed by atoms with Crippen LogP contribution in [0.4, 0.5) is 0 Å². The Hall–Kier alpha value is -1.62. The molecule has 1 unspecified atom stereocenters. The van der Waals surface area contributed by atoms with Gasteiger partial charge in [0, 0.05) is 36.4 Å². The molecule has 0 saturated carbocycles. The third-order valence-electron chi connectivity index (χ3n) is 4.19. The Morgan fingerprint density at radius 1 is 1.22 bits per heavy atom. The van der Waals surface area contributed by atoms with E-state index in [0.717, 1.165) is 54.6 Å². The number of methoxy groups -OCH3 is 1. The van der Waals surface area contributed by atoms with E-state index < -0.39 is 0 Å². The zero-order chi connectivity index (χ0) is 16.1. The number of hydrogen-bond donors (Lipinski definition) is 1. The average molecular weight is 332 g/mol. The SMILES string of the molecule is COc1ccc(Cl)cc1C(c1ccccn1)N1CCCNCC1. The lowest BCUT2D eigenvalue weighted by atomic mass is 9.99. The monoisotopic (exact) mass is 331 g/mol. The van der Waals surface area contributed by atoms with E-state index in [1.54, 1.807) is 7.11 Å². The number of pyridine rings is 1. The molecule has 1 N–H and O–H groups in total. The van der Waals surface area contributed by atoms with Crippen LogP contribution < -0.4 is 10.1 Å². The second-order valence-corrected chi connectivity index (χ2v) is 6.12. The van der Waals surface area contributed by atoms with Crippen LogP contribution in [0.25, 0.3) is 0 Å². The molecule has 2 heterocycles. The third-order valence-corrected chi connectivity index (χ3v) is 4.43. The lowest BCUT2D eigenvalue weighted by Gasteiger charge is -2.31. The van der Waals surface area contributed by atoms with Crippen molar-refractivity contribution in [1.82, 2.24) is 15.2 Å². The Kier molecular flexibility index (Phi) is 5.49. The molecule has 0 bridgehead atoms. The van der Waals surface area contributed by atoms with E-state index in [1.165, 1.54) is 0 Å². The van der Waals surface area contributed by atoms with Crippen LogP contribution >= 0.6 is 11.6 Å². The number of aromatic nitrogens is 1. The largest absolute Gasteiger partial charge is 0.496 e. The smallest absolute Gasteiger partial charge is 0.124 e. The fourth-order valence-electron chi connectivity index (χ4n) is 3.12. The highest BCUT2D eigenvalue weighted by atomic mass is 35.5. The first-order valence-electron chi connectivity index (χ1n) is 7.98. The fraction of sp³-hybridized carbons (Fsp3) is 0.389. The normalized spacial score (nSPS) is 17.5. The van der Waals surface area contributed by atoms with Gasteiger partial charge in [0.1, 0.15) is 5.75 Å². The van der Waals surface area contributed by atoms with Gasteiger partial charge in [0.05, 0.1) is 18.8 Å². The number of halogens is 1. The Bertz CT molecular complexity index is 627. The molecule has 1 aliphatic rings. The first kappa shape index (κ1) is 16.2. The van der Waals surface area contributed by atoms with Crippen molar-refractivity contribution in [3.63, 3.8) is 0 Å². The van der Waals surface area contributed by atoms with E-state index in [-0.39, 0.29) is 6.04 Å². The van der Waals surface area contributed by atoms with Crippen molar-refractivity contribution in [2.24, 2.45) is 0 Å². The summed E-state index contributed by atoms with van der Waals surface area (Å²) in [7, 11) is 1.70. The predicted octanol–water partition coefficient (Wildman–Crippen LogP) is 3.13. The van der Waals surface area contributed by atoms with Crippen molar-refractivity contribution in [3.8, 4) is 5.75 Å². The number of hydrogen-bond acceptors (Lipinski definition) is 4. The second kappa shape index (κ2) is 7.77. The summed E-state index contributed by atoms with van der Waals surface area (Å²) >= 11 is 6.27. The third kappa shape index (κ3) is 3.83. The molecule has 3 rings (SSSR count). The van der Waals surface area contributed by atoms with Gasteiger partial charge in [-0.15, -0.1) is 0 Å². The standard InChI is InChI=1S/C18H22ClN3O/c1-23-17-7-6-14(19)13-15(17)18(16-5-2-3-9-21-16)22-11-4-8-20-10-12-22/h2-3,5-7,9,13,18,20H,4,8,10-12H2,1H3. The van der Waals surface area contributed by atoms with Crippen LogP contribution in [-0.4, -0.2) is 43.2 Å². The van der Waals surface area contributed by atoms with Crippen molar-refractivity contribution in [1.29, 1.82) is 0 Å². The summed E-state index contributed by atoms with van der Waals surface area (Å²) in [4.78, 5) is 7.06. The summed E-state index contributed by atoms with van der Waals surface area (Å²) in [6, 6.07) is 11.9. The first-order valence-corrected chi connectivity index (χ1v) is 8.36. The molecule has 1 saturated heterocycles. The molecule has 0 spiro atoms. The Balaban J connectivity index is 2.06. The molecule has 1 aromatic heterocycles. The van der Waals surface area contributed by atoms with E-state index in [1.807, 2.05) is 36.5 Å². The van der Waals surface area contributed by atoms with Gasteiger partial charge in [0.15, 0.2) is 0 Å². The van der Waals surface area contributed by atoms with Gasteiger partial charge in [-0.2, -0.15) is 0 Å². The number of benzene rings is 1. The average Bonchev–Trinajstić information content (AvgIpc) is 2.86. The summed E-state index contributed by atoms with van der Waals surface area (Å²) in [5, 5.41) is 4.17. The van der Waals surface area contributed by atoms with Gasteiger partial charge < -0.3 is 10.1 Å². The zero-order valence-corrected chi connectivity index (χ0v) is 14.1. The Morgan fingerprint density at radius 2 is 2.13 bits per heavy atom. The van der Waals surface area contributed by atoms with Crippen LogP contribution in [0.2, 0.25) is 5.02 Å². The van der Waals surface area contributed by atoms with Crippen LogP contribution in [-0.2, 0) is 0 Å². The molecule has 0 amide bonds. The molecular formula is C18H22ClN3O. The lowest BCUT2D eigenvalue weighted by molar-refractivity contribution is 0.232. The molecule has 23 heavy (non-hydrogen) atoms. The minimum atomic E-state index is 0.0461. The summed E-state index contributed by atoms with van der Waals surface area (Å²) in [6.45, 7) is 4.02. The molecule has 1 atom stereocenters. The fourth-order valence-corrected chi connectivity index (χ4v) is 3.31. The summed E-state index contributed by atoms with van der Waals surface area (Å²) < 4.78 is 5.60. The lowest BCUT2D eigenvalue weighted by Crippen LogP contribution is -2.33. The van der Waals surface area contributed by atoms with E-state index in [4.69, 9.17) is 16.3 Å². The molecule has 0 radical (unpaired) electrons. The molecule has 0 aliphatic carbocycles. The number of nitrogens with zero attached hydrogens (tertiary/aromatic N) is 2. The Labute approximate surface area is 142 Å². The van der Waals surface area contributed by atoms with Gasteiger partial charge in [-0.05, 0) is 43.3 Å². The first-order chi connectivity index (χ1) is 11.3. The summed E-state index contributed by atoms with van der Waals surface area (Å²) in [5.41, 5.74) is 2.09. The highest BCUT2D eigenvalue weighted by Crippen LogP contribution is 2.35. The quantitative estimate of drug-likeness (QED) is 0.934. The van der Waals surface area contributed by atoms with Crippen LogP contribution in [0, 0.1) is 0 Å². The molecule has 4 nitrogen and oxygen atoms in total. The van der Waals surface area contributed by atoms with Gasteiger partial charge in [-0.3, -0.25) is 9.88 Å². The number of nitrogens with one attached hydrogen (secondary N) is 1. The van der Waals surface area contributed by atoms with E-state index in [9.17, 15) is 0 Å². The van der Waals surface area contributed by atoms with Crippen molar-refractivity contribution < 1.29 is 4.74 Å². The Morgan fingerprint density at radius 3 is 2.91 bits per heavy atom. The van der Waals surface area contributed by atoms with Crippen molar-refractivity contribution in [2.45, 2.75) is 12.5 Å². The van der Waals surface area contributed by atoms with E-state index >= 15 is 0 Å². The van der Waals surface area contributed by atoms with Gasteiger partial charge in [-0.25, -0.2) is 0 Å². The topological polar surface area (TPSA) is 37.4 Å². The van der Waals surface area contributed by atoms with E-state index in [0.29, 0.717) is 0 Å². The number of rotatable bonds is 4. The van der Waals surface area contributed by atoms with Crippen LogP contribution in [0.15, 0.2) is 42.6 Å².